The molecule has 0 atom stereocenters. The Bertz CT molecular complexity index is 1230. The highest BCUT2D eigenvalue weighted by atomic mass is 35.5. The number of amides is 1. The Morgan fingerprint density at radius 1 is 0.906 bits per heavy atom. The summed E-state index contributed by atoms with van der Waals surface area (Å²) < 4.78 is 38.0. The molecule has 0 aliphatic heterocycles. The molecule has 0 saturated carbocycles. The maximum atomic E-state index is 12.5. The Kier molecular flexibility index (Phi) is 7.50. The van der Waals surface area contributed by atoms with Crippen LogP contribution in [0.2, 0.25) is 10.0 Å². The third-order valence-corrected chi connectivity index (χ3v) is 6.57. The Labute approximate surface area is 196 Å². The van der Waals surface area contributed by atoms with Crippen LogP contribution in [0.3, 0.4) is 0 Å². The number of halogens is 2. The van der Waals surface area contributed by atoms with Gasteiger partial charge in [-0.25, -0.2) is 8.42 Å². The first-order chi connectivity index (χ1) is 15.2. The van der Waals surface area contributed by atoms with Crippen molar-refractivity contribution < 1.29 is 22.7 Å². The number of carbonyl (C=O) groups excluding carboxylic acids is 1. The van der Waals surface area contributed by atoms with E-state index in [0.29, 0.717) is 28.4 Å². The zero-order chi connectivity index (χ0) is 23.3. The van der Waals surface area contributed by atoms with E-state index in [-0.39, 0.29) is 27.3 Å². The smallest absolute Gasteiger partial charge is 0.261 e. The lowest BCUT2D eigenvalue weighted by molar-refractivity contribution is -0.115. The normalized spacial score (nSPS) is 11.0. The quantitative estimate of drug-likeness (QED) is 0.459. The first-order valence-electron chi connectivity index (χ1n) is 9.30. The second-order valence-electron chi connectivity index (χ2n) is 6.67. The molecule has 2 N–H and O–H groups in total. The predicted molar refractivity (Wildman–Crippen MR) is 126 cm³/mol. The number of methoxy groups -OCH3 is 2. The Morgan fingerprint density at radius 3 is 2.25 bits per heavy atom. The van der Waals surface area contributed by atoms with Crippen molar-refractivity contribution in [3.63, 3.8) is 0 Å². The largest absolute Gasteiger partial charge is 0.497 e. The van der Waals surface area contributed by atoms with Crippen molar-refractivity contribution in [2.75, 3.05) is 24.3 Å². The van der Waals surface area contributed by atoms with Gasteiger partial charge in [-0.15, -0.1) is 0 Å². The lowest BCUT2D eigenvalue weighted by Crippen LogP contribution is -2.15. The highest BCUT2D eigenvalue weighted by Gasteiger charge is 2.16. The second kappa shape index (κ2) is 10.1. The van der Waals surface area contributed by atoms with Crippen molar-refractivity contribution in [3.8, 4) is 11.5 Å². The molecule has 0 aromatic heterocycles. The van der Waals surface area contributed by atoms with E-state index < -0.39 is 10.0 Å². The maximum Gasteiger partial charge on any atom is 0.261 e. The van der Waals surface area contributed by atoms with E-state index >= 15 is 0 Å². The van der Waals surface area contributed by atoms with Crippen molar-refractivity contribution in [1.29, 1.82) is 0 Å². The molecule has 3 aromatic rings. The van der Waals surface area contributed by atoms with E-state index in [1.807, 2.05) is 0 Å². The molecular weight excluding hydrogens is 475 g/mol. The van der Waals surface area contributed by atoms with Crippen LogP contribution in [0.15, 0.2) is 65.6 Å². The number of benzene rings is 3. The van der Waals surface area contributed by atoms with E-state index in [9.17, 15) is 13.2 Å². The molecular formula is C22H20Cl2N2O5S. The Hall–Kier alpha value is -2.94. The SMILES string of the molecule is COc1ccc(NC(=O)Cc2ccc(NS(=O)(=O)c3ccc(Cl)c(Cl)c3)cc2)c(OC)c1. The lowest BCUT2D eigenvalue weighted by Gasteiger charge is -2.12. The zero-order valence-corrected chi connectivity index (χ0v) is 19.5. The van der Waals surface area contributed by atoms with E-state index in [0.717, 1.165) is 0 Å². The summed E-state index contributed by atoms with van der Waals surface area (Å²) in [6.07, 6.45) is 0.0923. The van der Waals surface area contributed by atoms with Crippen LogP contribution in [-0.2, 0) is 21.2 Å². The average molecular weight is 495 g/mol. The minimum absolute atomic E-state index is 0.0104. The lowest BCUT2D eigenvalue weighted by atomic mass is 10.1. The van der Waals surface area contributed by atoms with Crippen molar-refractivity contribution in [1.82, 2.24) is 0 Å². The number of carbonyl (C=O) groups is 1. The molecule has 10 heteroatoms. The van der Waals surface area contributed by atoms with Gasteiger partial charge in [0.05, 0.1) is 41.3 Å². The van der Waals surface area contributed by atoms with Crippen molar-refractivity contribution in [3.05, 3.63) is 76.3 Å². The first kappa shape index (κ1) is 23.7. The van der Waals surface area contributed by atoms with E-state index in [1.165, 1.54) is 25.3 Å². The van der Waals surface area contributed by atoms with Crippen LogP contribution >= 0.6 is 23.2 Å². The molecule has 0 aliphatic carbocycles. The third kappa shape index (κ3) is 5.85. The molecule has 3 aromatic carbocycles. The molecule has 168 valence electrons. The van der Waals surface area contributed by atoms with Gasteiger partial charge in [-0.1, -0.05) is 35.3 Å². The van der Waals surface area contributed by atoms with Crippen LogP contribution in [0.5, 0.6) is 11.5 Å². The monoisotopic (exact) mass is 494 g/mol. The molecule has 0 fully saturated rings. The molecule has 0 radical (unpaired) electrons. The maximum absolute atomic E-state index is 12.5. The van der Waals surface area contributed by atoms with Gasteiger partial charge in [-0.05, 0) is 48.0 Å². The number of nitrogens with one attached hydrogen (secondary N) is 2. The molecule has 0 aliphatic rings. The number of hydrogen-bond acceptors (Lipinski definition) is 5. The summed E-state index contributed by atoms with van der Waals surface area (Å²) in [6.45, 7) is 0. The summed E-state index contributed by atoms with van der Waals surface area (Å²) in [6, 6.07) is 15.6. The fraction of sp³-hybridized carbons (Fsp3) is 0.136. The fourth-order valence-corrected chi connectivity index (χ4v) is 4.28. The second-order valence-corrected chi connectivity index (χ2v) is 9.17. The highest BCUT2D eigenvalue weighted by Crippen LogP contribution is 2.29. The molecule has 0 saturated heterocycles. The van der Waals surface area contributed by atoms with Gasteiger partial charge < -0.3 is 14.8 Å². The summed E-state index contributed by atoms with van der Waals surface area (Å²) in [7, 11) is -0.794. The van der Waals surface area contributed by atoms with Gasteiger partial charge in [0, 0.05) is 11.8 Å². The van der Waals surface area contributed by atoms with Crippen LogP contribution < -0.4 is 19.5 Å². The zero-order valence-electron chi connectivity index (χ0n) is 17.2. The molecule has 7 nitrogen and oxygen atoms in total. The van der Waals surface area contributed by atoms with Gasteiger partial charge in [-0.3, -0.25) is 9.52 Å². The highest BCUT2D eigenvalue weighted by molar-refractivity contribution is 7.92. The van der Waals surface area contributed by atoms with Gasteiger partial charge in [0.15, 0.2) is 0 Å². The van der Waals surface area contributed by atoms with Crippen molar-refractivity contribution >= 4 is 50.5 Å². The van der Waals surface area contributed by atoms with Gasteiger partial charge in [-0.2, -0.15) is 0 Å². The topological polar surface area (TPSA) is 93.7 Å². The third-order valence-electron chi connectivity index (χ3n) is 4.45. The van der Waals surface area contributed by atoms with Crippen LogP contribution in [-0.4, -0.2) is 28.5 Å². The van der Waals surface area contributed by atoms with Crippen LogP contribution in [0.4, 0.5) is 11.4 Å². The number of ether oxygens (including phenoxy) is 2. The minimum Gasteiger partial charge on any atom is -0.497 e. The number of anilines is 2. The van der Waals surface area contributed by atoms with Gasteiger partial charge in [0.25, 0.3) is 10.0 Å². The predicted octanol–water partition coefficient (Wildman–Crippen LogP) is 4.99. The van der Waals surface area contributed by atoms with E-state index in [1.54, 1.807) is 49.6 Å². The summed E-state index contributed by atoms with van der Waals surface area (Å²) in [4.78, 5) is 12.4. The average Bonchev–Trinajstić information content (AvgIpc) is 2.77. The summed E-state index contributed by atoms with van der Waals surface area (Å²) >= 11 is 11.7. The summed E-state index contributed by atoms with van der Waals surface area (Å²) in [5.74, 6) is 0.834. The Balaban J connectivity index is 1.65. The minimum atomic E-state index is -3.84. The molecule has 0 unspecified atom stereocenters. The number of rotatable bonds is 8. The Morgan fingerprint density at radius 2 is 1.62 bits per heavy atom. The fourth-order valence-electron chi connectivity index (χ4n) is 2.83. The van der Waals surface area contributed by atoms with Gasteiger partial charge in [0.2, 0.25) is 5.91 Å². The molecule has 0 heterocycles. The van der Waals surface area contributed by atoms with Crippen LogP contribution in [0, 0.1) is 0 Å². The molecule has 1 amide bonds. The number of sulfonamides is 1. The summed E-state index contributed by atoms with van der Waals surface area (Å²) in [5.41, 5.74) is 1.56. The first-order valence-corrected chi connectivity index (χ1v) is 11.5. The summed E-state index contributed by atoms with van der Waals surface area (Å²) in [5, 5.41) is 3.20. The van der Waals surface area contributed by atoms with Gasteiger partial charge >= 0.3 is 0 Å². The molecule has 32 heavy (non-hydrogen) atoms. The standard InChI is InChI=1S/C22H20Cl2N2O5S/c1-30-16-7-10-20(21(12-16)31-2)25-22(27)11-14-3-5-15(6-4-14)26-32(28,29)17-8-9-18(23)19(24)13-17/h3-10,12-13,26H,11H2,1-2H3,(H,25,27). The van der Waals surface area contributed by atoms with Crippen molar-refractivity contribution in [2.24, 2.45) is 0 Å². The molecule has 0 bridgehead atoms. The van der Waals surface area contributed by atoms with Gasteiger partial charge in [0.1, 0.15) is 11.5 Å². The molecule has 3 rings (SSSR count). The molecule has 0 spiro atoms. The van der Waals surface area contributed by atoms with E-state index in [2.05, 4.69) is 10.0 Å². The number of hydrogen-bond donors (Lipinski definition) is 2. The van der Waals surface area contributed by atoms with Crippen molar-refractivity contribution in [2.45, 2.75) is 11.3 Å². The van der Waals surface area contributed by atoms with Crippen LogP contribution in [0.25, 0.3) is 0 Å². The van der Waals surface area contributed by atoms with Crippen LogP contribution in [0.1, 0.15) is 5.56 Å². The van der Waals surface area contributed by atoms with E-state index in [4.69, 9.17) is 32.7 Å².